The summed E-state index contributed by atoms with van der Waals surface area (Å²) in [7, 11) is -3.24. The Morgan fingerprint density at radius 2 is 2.12 bits per heavy atom. The van der Waals surface area contributed by atoms with Gasteiger partial charge in [-0.3, -0.25) is 4.79 Å². The number of nitrogens with one attached hydrogen (secondary N) is 1. The van der Waals surface area contributed by atoms with E-state index in [1.165, 1.54) is 10.6 Å². The first-order valence-corrected chi connectivity index (χ1v) is 9.71. The van der Waals surface area contributed by atoms with Crippen LogP contribution in [-0.4, -0.2) is 66.8 Å². The summed E-state index contributed by atoms with van der Waals surface area (Å²) in [5.74, 6) is -0.225. The maximum absolute atomic E-state index is 12.2. The van der Waals surface area contributed by atoms with E-state index in [0.717, 1.165) is 5.69 Å². The third kappa shape index (κ3) is 4.44. The lowest BCUT2D eigenvalue weighted by molar-refractivity contribution is 0.000438. The number of carbonyl (C=O) groups is 1. The average molecular weight is 364 g/mol. The zero-order valence-electron chi connectivity index (χ0n) is 13.8. The highest BCUT2D eigenvalue weighted by Crippen LogP contribution is 2.11. The van der Waals surface area contributed by atoms with Crippen molar-refractivity contribution in [2.45, 2.75) is 6.10 Å². The number of aromatic nitrogens is 2. The molecule has 25 heavy (non-hydrogen) atoms. The number of hydrogen-bond acceptors (Lipinski definition) is 5. The SMILES string of the molecule is CS(=O)(=O)N1CCOC(CNC(=O)c2ccc(-n3ccnc3)cc2)C1. The van der Waals surface area contributed by atoms with E-state index in [9.17, 15) is 13.2 Å². The van der Waals surface area contributed by atoms with Crippen LogP contribution in [0.2, 0.25) is 0 Å². The number of carbonyl (C=O) groups excluding carboxylic acids is 1. The van der Waals surface area contributed by atoms with Crippen molar-refractivity contribution >= 4 is 15.9 Å². The molecule has 1 aliphatic heterocycles. The maximum Gasteiger partial charge on any atom is 0.251 e. The van der Waals surface area contributed by atoms with Crippen molar-refractivity contribution in [2.24, 2.45) is 0 Å². The zero-order chi connectivity index (χ0) is 17.9. The first-order chi connectivity index (χ1) is 11.9. The van der Waals surface area contributed by atoms with Gasteiger partial charge in [0.2, 0.25) is 10.0 Å². The van der Waals surface area contributed by atoms with Crippen LogP contribution in [-0.2, 0) is 14.8 Å². The molecule has 0 spiro atoms. The molecule has 0 saturated carbocycles. The van der Waals surface area contributed by atoms with Gasteiger partial charge < -0.3 is 14.6 Å². The fourth-order valence-corrected chi connectivity index (χ4v) is 3.47. The molecule has 1 atom stereocenters. The molecule has 3 rings (SSSR count). The van der Waals surface area contributed by atoms with Crippen molar-refractivity contribution in [1.82, 2.24) is 19.2 Å². The second-order valence-corrected chi connectivity index (χ2v) is 7.82. The molecular weight excluding hydrogens is 344 g/mol. The highest BCUT2D eigenvalue weighted by atomic mass is 32.2. The Bertz CT molecular complexity index is 818. The molecule has 1 unspecified atom stereocenters. The fourth-order valence-electron chi connectivity index (χ4n) is 2.62. The van der Waals surface area contributed by atoms with Crippen LogP contribution in [0.25, 0.3) is 5.69 Å². The molecule has 1 aliphatic rings. The molecule has 2 aromatic rings. The Kier molecular flexibility index (Phi) is 5.16. The van der Waals surface area contributed by atoms with Gasteiger partial charge in [-0.25, -0.2) is 13.4 Å². The molecule has 8 nitrogen and oxygen atoms in total. The average Bonchev–Trinajstić information content (AvgIpc) is 3.14. The lowest BCUT2D eigenvalue weighted by Crippen LogP contribution is -2.49. The van der Waals surface area contributed by atoms with Crippen molar-refractivity contribution in [1.29, 1.82) is 0 Å². The summed E-state index contributed by atoms with van der Waals surface area (Å²) in [5.41, 5.74) is 1.44. The Labute approximate surface area is 146 Å². The van der Waals surface area contributed by atoms with Gasteiger partial charge in [0.05, 0.1) is 25.3 Å². The lowest BCUT2D eigenvalue weighted by Gasteiger charge is -2.31. The molecule has 9 heteroatoms. The number of hydrogen-bond donors (Lipinski definition) is 1. The molecule has 1 fully saturated rings. The minimum Gasteiger partial charge on any atom is -0.374 e. The molecule has 1 amide bonds. The van der Waals surface area contributed by atoms with E-state index < -0.39 is 10.0 Å². The molecule has 1 N–H and O–H groups in total. The van der Waals surface area contributed by atoms with Crippen LogP contribution in [0.15, 0.2) is 43.0 Å². The Morgan fingerprint density at radius 3 is 2.76 bits per heavy atom. The van der Waals surface area contributed by atoms with Crippen molar-refractivity contribution in [2.75, 3.05) is 32.5 Å². The number of rotatable bonds is 5. The van der Waals surface area contributed by atoms with Crippen LogP contribution >= 0.6 is 0 Å². The maximum atomic E-state index is 12.2. The van der Waals surface area contributed by atoms with Crippen molar-refractivity contribution in [3.05, 3.63) is 48.5 Å². The third-order valence-corrected chi connectivity index (χ3v) is 5.26. The normalized spacial score (nSPS) is 18.8. The van der Waals surface area contributed by atoms with E-state index in [2.05, 4.69) is 10.3 Å². The van der Waals surface area contributed by atoms with Crippen molar-refractivity contribution < 1.29 is 17.9 Å². The quantitative estimate of drug-likeness (QED) is 0.822. The number of amides is 1. The number of morpholine rings is 1. The number of benzene rings is 1. The Morgan fingerprint density at radius 1 is 1.36 bits per heavy atom. The van der Waals surface area contributed by atoms with Gasteiger partial charge in [0.25, 0.3) is 5.91 Å². The van der Waals surface area contributed by atoms with Gasteiger partial charge in [-0.2, -0.15) is 4.31 Å². The number of sulfonamides is 1. The summed E-state index contributed by atoms with van der Waals surface area (Å²) in [6.45, 7) is 1.18. The van der Waals surface area contributed by atoms with Crippen LogP contribution < -0.4 is 5.32 Å². The van der Waals surface area contributed by atoms with Gasteiger partial charge in [-0.05, 0) is 24.3 Å². The van der Waals surface area contributed by atoms with Crippen molar-refractivity contribution in [3.8, 4) is 5.69 Å². The molecule has 0 aliphatic carbocycles. The van der Waals surface area contributed by atoms with Crippen LogP contribution in [0.3, 0.4) is 0 Å². The predicted octanol–water partition coefficient (Wildman–Crippen LogP) is 0.263. The molecular formula is C16H20N4O4S. The van der Waals surface area contributed by atoms with Crippen LogP contribution in [0.1, 0.15) is 10.4 Å². The second-order valence-electron chi connectivity index (χ2n) is 5.84. The van der Waals surface area contributed by atoms with E-state index >= 15 is 0 Å². The Hall–Kier alpha value is -2.23. The van der Waals surface area contributed by atoms with Crippen LogP contribution in [0.4, 0.5) is 0 Å². The minimum absolute atomic E-state index is 0.225. The summed E-state index contributed by atoms with van der Waals surface area (Å²) >= 11 is 0. The molecule has 1 aromatic heterocycles. The summed E-state index contributed by atoms with van der Waals surface area (Å²) in [6.07, 6.45) is 6.02. The van der Waals surface area contributed by atoms with Crippen LogP contribution in [0.5, 0.6) is 0 Å². The third-order valence-electron chi connectivity index (χ3n) is 3.99. The van der Waals surface area contributed by atoms with Gasteiger partial charge in [0.15, 0.2) is 0 Å². The molecule has 1 saturated heterocycles. The zero-order valence-corrected chi connectivity index (χ0v) is 14.6. The van der Waals surface area contributed by atoms with E-state index in [-0.39, 0.29) is 25.1 Å². The number of nitrogens with zero attached hydrogens (tertiary/aromatic N) is 3. The molecule has 0 bridgehead atoms. The summed E-state index contributed by atoms with van der Waals surface area (Å²) in [6, 6.07) is 7.13. The van der Waals surface area contributed by atoms with E-state index in [0.29, 0.717) is 18.7 Å². The molecule has 2 heterocycles. The van der Waals surface area contributed by atoms with Gasteiger partial charge >= 0.3 is 0 Å². The predicted molar refractivity (Wildman–Crippen MR) is 92.1 cm³/mol. The summed E-state index contributed by atoms with van der Waals surface area (Å²) < 4.78 is 31.9. The topological polar surface area (TPSA) is 93.5 Å². The second kappa shape index (κ2) is 7.34. The summed E-state index contributed by atoms with van der Waals surface area (Å²) in [4.78, 5) is 16.2. The Balaban J connectivity index is 1.55. The van der Waals surface area contributed by atoms with Gasteiger partial charge in [-0.15, -0.1) is 0 Å². The van der Waals surface area contributed by atoms with E-state index in [1.54, 1.807) is 24.7 Å². The highest BCUT2D eigenvalue weighted by molar-refractivity contribution is 7.88. The van der Waals surface area contributed by atoms with Gasteiger partial charge in [0.1, 0.15) is 0 Å². The van der Waals surface area contributed by atoms with E-state index in [1.807, 2.05) is 22.9 Å². The monoisotopic (exact) mass is 364 g/mol. The van der Waals surface area contributed by atoms with Gasteiger partial charge in [-0.1, -0.05) is 0 Å². The molecule has 1 aromatic carbocycles. The van der Waals surface area contributed by atoms with Crippen LogP contribution in [0, 0.1) is 0 Å². The molecule has 0 radical (unpaired) electrons. The summed E-state index contributed by atoms with van der Waals surface area (Å²) in [5, 5.41) is 2.79. The first kappa shape index (κ1) is 17.6. The highest BCUT2D eigenvalue weighted by Gasteiger charge is 2.26. The lowest BCUT2D eigenvalue weighted by atomic mass is 10.2. The van der Waals surface area contributed by atoms with Crippen molar-refractivity contribution in [3.63, 3.8) is 0 Å². The standard InChI is InChI=1S/C16H20N4O4S/c1-25(22,23)20-8-9-24-15(11-20)10-18-16(21)13-2-4-14(5-3-13)19-7-6-17-12-19/h2-7,12,15H,8-11H2,1H3,(H,18,21). The largest absolute Gasteiger partial charge is 0.374 e. The fraction of sp³-hybridized carbons (Fsp3) is 0.375. The first-order valence-electron chi connectivity index (χ1n) is 7.87. The van der Waals surface area contributed by atoms with E-state index in [4.69, 9.17) is 4.74 Å². The number of imidazole rings is 1. The minimum atomic E-state index is -3.24. The molecule has 134 valence electrons. The van der Waals surface area contributed by atoms with Gasteiger partial charge in [0, 0.05) is 43.3 Å². The smallest absolute Gasteiger partial charge is 0.251 e. The number of ether oxygens (including phenoxy) is 1.